The van der Waals surface area contributed by atoms with Gasteiger partial charge in [0, 0.05) is 17.8 Å². The number of carbonyl (C=O) groups is 2. The molecule has 0 radical (unpaired) electrons. The second kappa shape index (κ2) is 7.81. The average molecular weight is 460 g/mol. The average Bonchev–Trinajstić information content (AvgIpc) is 3.15. The highest BCUT2D eigenvalue weighted by atomic mass is 16.5. The first kappa shape index (κ1) is 20.5. The lowest BCUT2D eigenvalue weighted by atomic mass is 9.79. The summed E-state index contributed by atoms with van der Waals surface area (Å²) in [4.78, 5) is 27.3. The molecule has 1 heterocycles. The summed E-state index contributed by atoms with van der Waals surface area (Å²) in [6, 6.07) is 14.3. The maximum Gasteiger partial charge on any atom is 0.266 e. The number of ether oxygens (including phenoxy) is 1. The Morgan fingerprint density at radius 1 is 0.743 bits per heavy atom. The van der Waals surface area contributed by atoms with Crippen LogP contribution in [0.1, 0.15) is 40.0 Å². The largest absolute Gasteiger partial charge is 0.461 e. The highest BCUT2D eigenvalue weighted by Gasteiger charge is 2.38. The van der Waals surface area contributed by atoms with Gasteiger partial charge in [0.15, 0.2) is 0 Å². The molecule has 4 unspecified atom stereocenters. The summed E-state index contributed by atoms with van der Waals surface area (Å²) < 4.78 is 6.43. The number of anilines is 1. The number of carbonyl (C=O) groups excluding carboxylic acids is 2. The second-order valence-corrected chi connectivity index (χ2v) is 9.97. The third-order valence-corrected chi connectivity index (χ3v) is 7.88. The van der Waals surface area contributed by atoms with E-state index >= 15 is 0 Å². The highest BCUT2D eigenvalue weighted by Crippen LogP contribution is 2.48. The van der Waals surface area contributed by atoms with E-state index in [1.54, 1.807) is 30.3 Å². The van der Waals surface area contributed by atoms with Gasteiger partial charge in [-0.1, -0.05) is 54.7 Å². The van der Waals surface area contributed by atoms with Crippen molar-refractivity contribution in [2.45, 2.75) is 19.3 Å². The Labute approximate surface area is 204 Å². The normalized spacial score (nSPS) is 31.0. The number of allylic oxidation sites excluding steroid dienone is 9. The summed E-state index contributed by atoms with van der Waals surface area (Å²) in [6.07, 6.45) is 19.4. The van der Waals surface area contributed by atoms with Gasteiger partial charge in [-0.15, -0.1) is 0 Å². The van der Waals surface area contributed by atoms with Crippen molar-refractivity contribution >= 4 is 17.5 Å². The number of amides is 2. The lowest BCUT2D eigenvalue weighted by molar-refractivity contribution is 0.0926. The molecule has 4 bridgehead atoms. The molecule has 0 aromatic heterocycles. The first-order chi connectivity index (χ1) is 17.2. The van der Waals surface area contributed by atoms with E-state index in [9.17, 15) is 9.59 Å². The van der Waals surface area contributed by atoms with Crippen molar-refractivity contribution in [1.82, 2.24) is 0 Å². The number of benzene rings is 2. The van der Waals surface area contributed by atoms with Gasteiger partial charge in [0.2, 0.25) is 0 Å². The Bertz CT molecular complexity index is 1410. The minimum absolute atomic E-state index is 0.217. The van der Waals surface area contributed by atoms with Crippen LogP contribution in [0.25, 0.3) is 0 Å². The quantitative estimate of drug-likeness (QED) is 0.499. The Balaban J connectivity index is 1.20. The van der Waals surface area contributed by atoms with E-state index in [4.69, 9.17) is 4.74 Å². The van der Waals surface area contributed by atoms with Crippen LogP contribution in [-0.4, -0.2) is 11.8 Å². The molecule has 1 fully saturated rings. The minimum atomic E-state index is -0.307. The third-order valence-electron chi connectivity index (χ3n) is 7.88. The zero-order valence-electron chi connectivity index (χ0n) is 19.3. The molecule has 4 heteroatoms. The zero-order chi connectivity index (χ0) is 23.5. The molecule has 5 aliphatic carbocycles. The van der Waals surface area contributed by atoms with Crippen LogP contribution in [0.15, 0.2) is 108 Å². The molecular formula is C31H25NO3. The van der Waals surface area contributed by atoms with E-state index in [0.717, 1.165) is 25.0 Å². The van der Waals surface area contributed by atoms with Gasteiger partial charge in [0.25, 0.3) is 11.8 Å². The predicted octanol–water partition coefficient (Wildman–Crippen LogP) is 6.40. The fourth-order valence-corrected chi connectivity index (χ4v) is 6.17. The molecule has 1 saturated carbocycles. The maximum absolute atomic E-state index is 13.1. The number of nitrogens with zero attached hydrogens (tertiary/aromatic N) is 1. The van der Waals surface area contributed by atoms with Crippen LogP contribution in [0.5, 0.6) is 5.75 Å². The van der Waals surface area contributed by atoms with E-state index in [2.05, 4.69) is 42.5 Å². The van der Waals surface area contributed by atoms with Gasteiger partial charge in [-0.25, -0.2) is 4.90 Å². The molecule has 2 aromatic rings. The van der Waals surface area contributed by atoms with E-state index < -0.39 is 0 Å². The predicted molar refractivity (Wildman–Crippen MR) is 135 cm³/mol. The monoisotopic (exact) mass is 459 g/mol. The Kier molecular flexibility index (Phi) is 4.56. The van der Waals surface area contributed by atoms with Crippen molar-refractivity contribution in [1.29, 1.82) is 0 Å². The summed E-state index contributed by atoms with van der Waals surface area (Å²) in [5, 5.41) is 0. The van der Waals surface area contributed by atoms with Crippen LogP contribution >= 0.6 is 0 Å². The summed E-state index contributed by atoms with van der Waals surface area (Å²) >= 11 is 0. The molecule has 4 atom stereocenters. The molecular weight excluding hydrogens is 434 g/mol. The van der Waals surface area contributed by atoms with Gasteiger partial charge in [0.1, 0.15) is 11.5 Å². The lowest BCUT2D eigenvalue weighted by Crippen LogP contribution is -2.29. The van der Waals surface area contributed by atoms with Crippen molar-refractivity contribution in [3.05, 3.63) is 119 Å². The van der Waals surface area contributed by atoms with Gasteiger partial charge in [-0.2, -0.15) is 0 Å². The number of para-hydroxylation sites is 1. The van der Waals surface area contributed by atoms with Crippen molar-refractivity contribution < 1.29 is 14.3 Å². The summed E-state index contributed by atoms with van der Waals surface area (Å²) in [7, 11) is 0. The molecule has 1 aliphatic heterocycles. The number of hydrogen-bond acceptors (Lipinski definition) is 3. The van der Waals surface area contributed by atoms with Gasteiger partial charge in [-0.3, -0.25) is 9.59 Å². The maximum atomic E-state index is 13.1. The summed E-state index contributed by atoms with van der Waals surface area (Å²) in [5.74, 6) is 2.49. The smallest absolute Gasteiger partial charge is 0.266 e. The molecule has 2 amide bonds. The van der Waals surface area contributed by atoms with E-state index in [0.29, 0.717) is 40.3 Å². The van der Waals surface area contributed by atoms with Gasteiger partial charge in [-0.05, 0) is 72.7 Å². The van der Waals surface area contributed by atoms with Gasteiger partial charge in [0.05, 0.1) is 16.8 Å². The Morgan fingerprint density at radius 3 is 2.29 bits per heavy atom. The molecule has 6 aliphatic rings. The van der Waals surface area contributed by atoms with Gasteiger partial charge >= 0.3 is 0 Å². The molecule has 172 valence electrons. The van der Waals surface area contributed by atoms with Crippen LogP contribution in [0, 0.1) is 23.7 Å². The lowest BCUT2D eigenvalue weighted by Gasteiger charge is -2.30. The molecule has 0 saturated heterocycles. The Hall–Kier alpha value is -3.92. The number of hydrogen-bond donors (Lipinski definition) is 0. The van der Waals surface area contributed by atoms with Crippen molar-refractivity contribution in [3.63, 3.8) is 0 Å². The number of rotatable bonds is 3. The van der Waals surface area contributed by atoms with Crippen LogP contribution in [0.3, 0.4) is 0 Å². The molecule has 0 spiro atoms. The van der Waals surface area contributed by atoms with Crippen LogP contribution in [0.4, 0.5) is 5.69 Å². The van der Waals surface area contributed by atoms with Crippen LogP contribution in [0.2, 0.25) is 0 Å². The SMILES string of the molecule is O=C1c2ccc(OC3=CC4/C=C5\C(=C/C3CC4)C3C=CC=CC5C3)cc2C(=O)N1c1ccccc1. The molecule has 8 rings (SSSR count). The topological polar surface area (TPSA) is 46.6 Å². The van der Waals surface area contributed by atoms with Crippen molar-refractivity contribution in [2.75, 3.05) is 4.90 Å². The number of fused-ring (bicyclic) bond motifs is 4. The van der Waals surface area contributed by atoms with Crippen molar-refractivity contribution in [2.24, 2.45) is 23.7 Å². The van der Waals surface area contributed by atoms with Gasteiger partial charge < -0.3 is 4.74 Å². The first-order valence-electron chi connectivity index (χ1n) is 12.4. The zero-order valence-corrected chi connectivity index (χ0v) is 19.3. The number of imide groups is 1. The molecule has 4 nitrogen and oxygen atoms in total. The summed E-state index contributed by atoms with van der Waals surface area (Å²) in [6.45, 7) is 0. The molecule has 2 aromatic carbocycles. The fourth-order valence-electron chi connectivity index (χ4n) is 6.17. The van der Waals surface area contributed by atoms with Crippen molar-refractivity contribution in [3.8, 4) is 5.75 Å². The fraction of sp³-hybridized carbons (Fsp3) is 0.226. The third kappa shape index (κ3) is 3.28. The van der Waals surface area contributed by atoms with E-state index in [-0.39, 0.29) is 17.7 Å². The second-order valence-electron chi connectivity index (χ2n) is 9.97. The van der Waals surface area contributed by atoms with E-state index in [1.165, 1.54) is 16.0 Å². The first-order valence-corrected chi connectivity index (χ1v) is 12.4. The Morgan fingerprint density at radius 2 is 1.49 bits per heavy atom. The molecule has 0 N–H and O–H groups in total. The highest BCUT2D eigenvalue weighted by molar-refractivity contribution is 6.34. The summed E-state index contributed by atoms with van der Waals surface area (Å²) in [5.41, 5.74) is 4.34. The van der Waals surface area contributed by atoms with Crippen LogP contribution in [-0.2, 0) is 0 Å². The standard InChI is InChI=1S/C31H25NO3/c33-30-25-13-12-24(18-28(25)31(34)32(30)23-8-2-1-3-9-23)35-29-15-19-10-11-22(29)17-27-21-7-5-4-6-20(16-21)26(27)14-19/h1-9,12-15,17-22H,10-11,16H2/b26-14-,27-17-. The molecule has 35 heavy (non-hydrogen) atoms. The van der Waals surface area contributed by atoms with Crippen LogP contribution < -0.4 is 9.64 Å². The minimum Gasteiger partial charge on any atom is -0.461 e. The van der Waals surface area contributed by atoms with E-state index in [1.807, 2.05) is 18.2 Å².